The predicted octanol–water partition coefficient (Wildman–Crippen LogP) is 4.23. The van der Waals surface area contributed by atoms with E-state index in [0.717, 1.165) is 29.0 Å². The lowest BCUT2D eigenvalue weighted by molar-refractivity contribution is -0.137. The molecule has 0 saturated carbocycles. The maximum Gasteiger partial charge on any atom is 0.416 e. The highest BCUT2D eigenvalue weighted by Crippen LogP contribution is 2.30. The number of carbonyl (C=O) groups excluding carboxylic acids is 1. The van der Waals surface area contributed by atoms with E-state index >= 15 is 0 Å². The monoisotopic (exact) mass is 616 g/mol. The molecule has 5 aromatic rings. The highest BCUT2D eigenvalue weighted by molar-refractivity contribution is 7.91. The molecule has 0 fully saturated rings. The topological polar surface area (TPSA) is 142 Å². The van der Waals surface area contributed by atoms with Gasteiger partial charge in [0.25, 0.3) is 10.0 Å². The Labute approximate surface area is 242 Å². The van der Waals surface area contributed by atoms with Crippen LogP contribution in [0.3, 0.4) is 0 Å². The Hall–Kier alpha value is -4.34. The third kappa shape index (κ3) is 7.10. The fraction of sp³-hybridized carbons (Fsp3) is 0.185. The quantitative estimate of drug-likeness (QED) is 0.239. The summed E-state index contributed by atoms with van der Waals surface area (Å²) in [6.07, 6.45) is -2.57. The van der Waals surface area contributed by atoms with Crippen molar-refractivity contribution in [3.8, 4) is 5.75 Å². The van der Waals surface area contributed by atoms with Crippen LogP contribution in [0.25, 0.3) is 10.2 Å². The van der Waals surface area contributed by atoms with Crippen molar-refractivity contribution in [1.29, 1.82) is 0 Å². The number of ether oxygens (including phenoxy) is 1. The summed E-state index contributed by atoms with van der Waals surface area (Å²) < 4.78 is 69.4. The second kappa shape index (κ2) is 11.9. The number of nitrogens with two attached hydrogens (primary N) is 1. The van der Waals surface area contributed by atoms with Gasteiger partial charge in [0.15, 0.2) is 0 Å². The van der Waals surface area contributed by atoms with Crippen LogP contribution in [0.4, 0.5) is 13.2 Å². The average Bonchev–Trinajstić information content (AvgIpc) is 3.61. The van der Waals surface area contributed by atoms with Gasteiger partial charge in [-0.05, 0) is 41.5 Å². The summed E-state index contributed by atoms with van der Waals surface area (Å²) in [4.78, 5) is 17.3. The summed E-state index contributed by atoms with van der Waals surface area (Å²) in [6, 6.07) is 18.0. The highest BCUT2D eigenvalue weighted by Gasteiger charge is 2.30. The Balaban J connectivity index is 1.28. The minimum atomic E-state index is -4.44. The van der Waals surface area contributed by atoms with Gasteiger partial charge in [-0.3, -0.25) is 4.79 Å². The van der Waals surface area contributed by atoms with Gasteiger partial charge in [0.05, 0.1) is 22.0 Å². The van der Waals surface area contributed by atoms with Crippen LogP contribution in [-0.2, 0) is 40.6 Å². The van der Waals surface area contributed by atoms with Crippen LogP contribution in [0.15, 0.2) is 83.3 Å². The van der Waals surface area contributed by atoms with E-state index in [0.29, 0.717) is 27.2 Å². The maximum absolute atomic E-state index is 13.3. The van der Waals surface area contributed by atoms with Crippen molar-refractivity contribution >= 4 is 37.5 Å². The molecule has 42 heavy (non-hydrogen) atoms. The van der Waals surface area contributed by atoms with E-state index in [4.69, 9.17) is 9.88 Å². The number of rotatable bonds is 10. The third-order valence-electron chi connectivity index (χ3n) is 6.17. The molecule has 15 heteroatoms. The molecule has 1 atom stereocenters. The molecule has 0 radical (unpaired) electrons. The molecule has 0 unspecified atom stereocenters. The van der Waals surface area contributed by atoms with Gasteiger partial charge in [0.2, 0.25) is 10.2 Å². The number of nitrogens with one attached hydrogen (secondary N) is 1. The minimum Gasteiger partial charge on any atom is -0.487 e. The molecule has 2 heterocycles. The molecular weight excluding hydrogens is 593 g/mol. The Morgan fingerprint density at radius 3 is 2.48 bits per heavy atom. The zero-order chi connectivity index (χ0) is 29.9. The van der Waals surface area contributed by atoms with E-state index in [-0.39, 0.29) is 23.9 Å². The van der Waals surface area contributed by atoms with Gasteiger partial charge in [0.1, 0.15) is 24.1 Å². The van der Waals surface area contributed by atoms with Crippen molar-refractivity contribution in [2.24, 2.45) is 5.14 Å². The number of halogens is 3. The number of aromatic nitrogens is 4. The smallest absolute Gasteiger partial charge is 0.416 e. The average molecular weight is 617 g/mol. The molecule has 0 aliphatic carbocycles. The first-order chi connectivity index (χ1) is 20.0. The molecule has 3 aromatic carbocycles. The van der Waals surface area contributed by atoms with Crippen molar-refractivity contribution in [3.63, 3.8) is 0 Å². The molecule has 0 saturated heterocycles. The summed E-state index contributed by atoms with van der Waals surface area (Å²) in [5.41, 5.74) is 1.51. The fourth-order valence-electron chi connectivity index (χ4n) is 4.05. The summed E-state index contributed by atoms with van der Waals surface area (Å²) >= 11 is 0.926. The normalized spacial score (nSPS) is 12.8. The van der Waals surface area contributed by atoms with E-state index in [1.807, 2.05) is 30.3 Å². The van der Waals surface area contributed by atoms with Crippen LogP contribution in [-0.4, -0.2) is 34.3 Å². The van der Waals surface area contributed by atoms with Gasteiger partial charge < -0.3 is 10.1 Å². The van der Waals surface area contributed by atoms with Gasteiger partial charge in [0, 0.05) is 13.0 Å². The Morgan fingerprint density at radius 1 is 1.05 bits per heavy atom. The van der Waals surface area contributed by atoms with Gasteiger partial charge >= 0.3 is 6.18 Å². The molecule has 3 N–H and O–H groups in total. The predicted molar refractivity (Wildman–Crippen MR) is 148 cm³/mol. The summed E-state index contributed by atoms with van der Waals surface area (Å²) in [6.45, 7) is 0.0394. The molecule has 0 spiro atoms. The van der Waals surface area contributed by atoms with E-state index < -0.39 is 33.7 Å². The van der Waals surface area contributed by atoms with Gasteiger partial charge in [-0.15, -0.1) is 16.4 Å². The summed E-state index contributed by atoms with van der Waals surface area (Å²) in [7, 11) is -3.92. The van der Waals surface area contributed by atoms with Crippen LogP contribution < -0.4 is 15.2 Å². The molecule has 2 aromatic heterocycles. The number of alkyl halides is 3. The number of sulfonamides is 1. The number of primary sulfonamides is 1. The minimum absolute atomic E-state index is 0.0115. The molecule has 218 valence electrons. The zero-order valence-electron chi connectivity index (χ0n) is 21.7. The molecule has 5 rings (SSSR count). The van der Waals surface area contributed by atoms with Crippen molar-refractivity contribution in [2.75, 3.05) is 0 Å². The molecule has 1 amide bonds. The number of fused-ring (bicyclic) bond motifs is 1. The van der Waals surface area contributed by atoms with Crippen molar-refractivity contribution in [2.45, 2.75) is 36.1 Å². The lowest BCUT2D eigenvalue weighted by atomic mass is 10.1. The highest BCUT2D eigenvalue weighted by atomic mass is 32.2. The molecule has 0 aliphatic heterocycles. The lowest BCUT2D eigenvalue weighted by Gasteiger charge is -2.17. The first-order valence-corrected chi connectivity index (χ1v) is 14.8. The Bertz CT molecular complexity index is 1810. The Kier molecular flexibility index (Phi) is 8.24. The Morgan fingerprint density at radius 2 is 1.79 bits per heavy atom. The van der Waals surface area contributed by atoms with E-state index in [9.17, 15) is 26.4 Å². The number of carbonyl (C=O) groups is 1. The molecule has 0 aliphatic rings. The second-order valence-electron chi connectivity index (χ2n) is 9.25. The molecular formula is C27H23F3N6O4S2. The number of hydrogen-bond donors (Lipinski definition) is 2. The lowest BCUT2D eigenvalue weighted by Crippen LogP contribution is -2.34. The SMILES string of the molecule is NS(=O)(=O)c1nc2ccc(OCc3cn([C@@H](Cc4ccccc4)C(=O)NCc4ccc(C(F)(F)F)cc4)nn3)cc2s1. The fourth-order valence-corrected chi connectivity index (χ4v) is 5.73. The summed E-state index contributed by atoms with van der Waals surface area (Å²) in [5.74, 6) is 0.0502. The van der Waals surface area contributed by atoms with Crippen LogP contribution >= 0.6 is 11.3 Å². The van der Waals surface area contributed by atoms with E-state index in [1.54, 1.807) is 24.4 Å². The van der Waals surface area contributed by atoms with Crippen LogP contribution in [0.2, 0.25) is 0 Å². The van der Waals surface area contributed by atoms with Crippen molar-refractivity contribution in [3.05, 3.63) is 101 Å². The number of benzene rings is 3. The van der Waals surface area contributed by atoms with Crippen LogP contribution in [0.1, 0.15) is 28.4 Å². The van der Waals surface area contributed by atoms with E-state index in [2.05, 4.69) is 20.6 Å². The first kappa shape index (κ1) is 29.2. The number of thiazole rings is 1. The third-order valence-corrected chi connectivity index (χ3v) is 8.51. The van der Waals surface area contributed by atoms with E-state index in [1.165, 1.54) is 16.8 Å². The number of amides is 1. The largest absolute Gasteiger partial charge is 0.487 e. The van der Waals surface area contributed by atoms with Gasteiger partial charge in [-0.1, -0.05) is 47.7 Å². The molecule has 0 bridgehead atoms. The van der Waals surface area contributed by atoms with Gasteiger partial charge in [-0.2, -0.15) is 13.2 Å². The van der Waals surface area contributed by atoms with Gasteiger partial charge in [-0.25, -0.2) is 23.2 Å². The number of nitrogens with zero attached hydrogens (tertiary/aromatic N) is 4. The second-order valence-corrected chi connectivity index (χ2v) is 12.0. The van der Waals surface area contributed by atoms with Crippen molar-refractivity contribution < 1.29 is 31.1 Å². The first-order valence-electron chi connectivity index (χ1n) is 12.4. The molecule has 10 nitrogen and oxygen atoms in total. The zero-order valence-corrected chi connectivity index (χ0v) is 23.3. The number of hydrogen-bond acceptors (Lipinski definition) is 8. The van der Waals surface area contributed by atoms with Crippen LogP contribution in [0.5, 0.6) is 5.75 Å². The standard InChI is InChI=1S/C27H23F3N6O4S2/c28-27(29,30)19-8-6-18(7-9-19)14-32-25(37)23(12-17-4-2-1-3-5-17)36-15-20(34-35-36)16-40-21-10-11-22-24(13-21)41-26(33-22)42(31,38)39/h1-11,13,15,23H,12,14,16H2,(H,32,37)(H2,31,38,39)/t23-/m0/s1. The van der Waals surface area contributed by atoms with Crippen LogP contribution in [0, 0.1) is 0 Å². The summed E-state index contributed by atoms with van der Waals surface area (Å²) in [5, 5.41) is 16.2. The maximum atomic E-state index is 13.3. The van der Waals surface area contributed by atoms with Crippen molar-refractivity contribution in [1.82, 2.24) is 25.3 Å².